The Balaban J connectivity index is 1.59. The van der Waals surface area contributed by atoms with Gasteiger partial charge in [0.05, 0.1) is 22.3 Å². The molecular weight excluding hydrogens is 600 g/mol. The van der Waals surface area contributed by atoms with Crippen molar-refractivity contribution in [3.05, 3.63) is 144 Å². The minimum absolute atomic E-state index is 0.165. The van der Waals surface area contributed by atoms with E-state index < -0.39 is 54.6 Å². The fourth-order valence-electron chi connectivity index (χ4n) is 4.76. The lowest BCUT2D eigenvalue weighted by atomic mass is 9.93. The summed E-state index contributed by atoms with van der Waals surface area (Å²) in [5, 5.41) is 0. The summed E-state index contributed by atoms with van der Waals surface area (Å²) < 4.78 is 29.8. The maximum atomic E-state index is 13.7. The van der Waals surface area contributed by atoms with E-state index in [9.17, 15) is 19.2 Å². The lowest BCUT2D eigenvalue weighted by molar-refractivity contribution is -0.161. The second-order valence-corrected chi connectivity index (χ2v) is 10.9. The Morgan fingerprint density at radius 1 is 0.638 bits per heavy atom. The molecule has 9 nitrogen and oxygen atoms in total. The molecule has 1 saturated heterocycles. The first-order chi connectivity index (χ1) is 22.8. The van der Waals surface area contributed by atoms with E-state index in [-0.39, 0.29) is 28.2 Å². The predicted molar refractivity (Wildman–Crippen MR) is 170 cm³/mol. The number of carbonyl (C=O) groups is 4. The second-order valence-electron chi connectivity index (χ2n) is 10.9. The van der Waals surface area contributed by atoms with Crippen LogP contribution in [0, 0.1) is 17.8 Å². The van der Waals surface area contributed by atoms with Gasteiger partial charge in [0.1, 0.15) is 12.7 Å². The smallest absolute Gasteiger partial charge is 0.340 e. The molecule has 4 aromatic carbocycles. The van der Waals surface area contributed by atoms with Crippen molar-refractivity contribution in [1.29, 1.82) is 0 Å². The number of rotatable bonds is 9. The Morgan fingerprint density at radius 3 is 1.53 bits per heavy atom. The van der Waals surface area contributed by atoms with Crippen molar-refractivity contribution in [2.75, 3.05) is 6.61 Å². The van der Waals surface area contributed by atoms with Gasteiger partial charge in [-0.3, -0.25) is 0 Å². The standard InChI is InChI=1S/C38H32O9/c1-26(2)23-24-38(47-36(42)30-21-13-6-14-22-30)32(45-34(40)28-17-9-4-10-18-28)31(25-43-33(39)27-15-7-3-8-16-27)44-37(38)46-35(41)29-19-11-5-12-20-29/h3-22,26,31-32,37H,25H2,1-2H3/t31-,32-,37-,38-/m1/s1. The second kappa shape index (κ2) is 15.0. The summed E-state index contributed by atoms with van der Waals surface area (Å²) in [4.78, 5) is 53.6. The predicted octanol–water partition coefficient (Wildman–Crippen LogP) is 5.91. The average Bonchev–Trinajstić information content (AvgIpc) is 3.38. The lowest BCUT2D eigenvalue weighted by Crippen LogP contribution is -2.54. The van der Waals surface area contributed by atoms with Crippen LogP contribution < -0.4 is 0 Å². The van der Waals surface area contributed by atoms with Crippen LogP contribution in [0.25, 0.3) is 0 Å². The molecule has 1 heterocycles. The monoisotopic (exact) mass is 632 g/mol. The molecule has 238 valence electrons. The SMILES string of the molecule is CC(C)C#C[C@]1(OC(=O)c2ccccc2)[C@@H](OC(=O)c2ccccc2)O[C@H](COC(=O)c2ccccc2)[C@H]1OC(=O)c1ccccc1. The van der Waals surface area contributed by atoms with Crippen molar-refractivity contribution in [3.8, 4) is 11.8 Å². The third-order valence-electron chi connectivity index (χ3n) is 7.09. The van der Waals surface area contributed by atoms with Crippen LogP contribution in [0.5, 0.6) is 0 Å². The zero-order valence-corrected chi connectivity index (χ0v) is 25.7. The summed E-state index contributed by atoms with van der Waals surface area (Å²) in [7, 11) is 0. The van der Waals surface area contributed by atoms with Crippen LogP contribution in [0.2, 0.25) is 0 Å². The Bertz CT molecular complexity index is 1750. The van der Waals surface area contributed by atoms with Crippen molar-refractivity contribution < 1.29 is 42.9 Å². The summed E-state index contributed by atoms with van der Waals surface area (Å²) in [6, 6.07) is 32.7. The zero-order valence-electron chi connectivity index (χ0n) is 25.7. The number of ether oxygens (including phenoxy) is 5. The fraction of sp³-hybridized carbons (Fsp3) is 0.211. The van der Waals surface area contributed by atoms with Gasteiger partial charge in [-0.15, -0.1) is 0 Å². The van der Waals surface area contributed by atoms with Gasteiger partial charge >= 0.3 is 23.9 Å². The highest BCUT2D eigenvalue weighted by atomic mass is 16.8. The number of benzene rings is 4. The highest BCUT2D eigenvalue weighted by Gasteiger charge is 2.64. The number of carbonyl (C=O) groups excluding carboxylic acids is 4. The lowest BCUT2D eigenvalue weighted by Gasteiger charge is -2.32. The van der Waals surface area contributed by atoms with Crippen molar-refractivity contribution >= 4 is 23.9 Å². The first kappa shape index (κ1) is 32.7. The molecule has 1 aliphatic rings. The molecule has 0 spiro atoms. The van der Waals surface area contributed by atoms with Gasteiger partial charge in [0.25, 0.3) is 11.9 Å². The number of hydrogen-bond donors (Lipinski definition) is 0. The van der Waals surface area contributed by atoms with Crippen molar-refractivity contribution in [3.63, 3.8) is 0 Å². The van der Waals surface area contributed by atoms with Gasteiger partial charge in [-0.25, -0.2) is 19.2 Å². The van der Waals surface area contributed by atoms with Gasteiger partial charge in [0.15, 0.2) is 6.10 Å². The summed E-state index contributed by atoms with van der Waals surface area (Å²) in [5.74, 6) is 2.56. The maximum Gasteiger partial charge on any atom is 0.340 e. The minimum atomic E-state index is -2.18. The summed E-state index contributed by atoms with van der Waals surface area (Å²) in [6.45, 7) is 3.16. The van der Waals surface area contributed by atoms with Crippen LogP contribution in [0.1, 0.15) is 55.3 Å². The van der Waals surface area contributed by atoms with Gasteiger partial charge in [0.2, 0.25) is 0 Å². The van der Waals surface area contributed by atoms with E-state index in [1.54, 1.807) is 109 Å². The molecule has 4 aromatic rings. The Morgan fingerprint density at radius 2 is 1.06 bits per heavy atom. The summed E-state index contributed by atoms with van der Waals surface area (Å²) >= 11 is 0. The molecule has 4 atom stereocenters. The molecule has 0 aromatic heterocycles. The van der Waals surface area contributed by atoms with Gasteiger partial charge in [0, 0.05) is 5.92 Å². The van der Waals surface area contributed by atoms with Crippen molar-refractivity contribution in [2.45, 2.75) is 37.9 Å². The Kier molecular flexibility index (Phi) is 10.5. The van der Waals surface area contributed by atoms with Gasteiger partial charge in [-0.2, -0.15) is 0 Å². The molecule has 0 unspecified atom stereocenters. The van der Waals surface area contributed by atoms with E-state index in [0.717, 1.165) is 0 Å². The molecule has 1 aliphatic heterocycles. The van der Waals surface area contributed by atoms with Crippen LogP contribution in [0.3, 0.4) is 0 Å². The third kappa shape index (κ3) is 7.93. The molecule has 0 bridgehead atoms. The Hall–Kier alpha value is -5.72. The van der Waals surface area contributed by atoms with Crippen LogP contribution >= 0.6 is 0 Å². The molecule has 0 saturated carbocycles. The first-order valence-corrected chi connectivity index (χ1v) is 15.0. The van der Waals surface area contributed by atoms with Crippen LogP contribution in [-0.4, -0.2) is 54.6 Å². The van der Waals surface area contributed by atoms with Gasteiger partial charge in [-0.05, 0) is 54.5 Å². The molecule has 0 aliphatic carbocycles. The van der Waals surface area contributed by atoms with E-state index >= 15 is 0 Å². The third-order valence-corrected chi connectivity index (χ3v) is 7.09. The molecule has 47 heavy (non-hydrogen) atoms. The summed E-state index contributed by atoms with van der Waals surface area (Å²) in [5.41, 5.74) is -1.36. The highest BCUT2D eigenvalue weighted by Crippen LogP contribution is 2.39. The largest absolute Gasteiger partial charge is 0.459 e. The van der Waals surface area contributed by atoms with E-state index in [2.05, 4.69) is 11.8 Å². The first-order valence-electron chi connectivity index (χ1n) is 15.0. The number of esters is 4. The van der Waals surface area contributed by atoms with Gasteiger partial charge < -0.3 is 23.7 Å². The van der Waals surface area contributed by atoms with Crippen LogP contribution in [0.4, 0.5) is 0 Å². The number of hydrogen-bond acceptors (Lipinski definition) is 9. The molecule has 0 radical (unpaired) electrons. The van der Waals surface area contributed by atoms with E-state index in [0.29, 0.717) is 0 Å². The van der Waals surface area contributed by atoms with Crippen molar-refractivity contribution in [1.82, 2.24) is 0 Å². The van der Waals surface area contributed by atoms with Gasteiger partial charge in [-0.1, -0.05) is 92.6 Å². The quantitative estimate of drug-likeness (QED) is 0.126. The van der Waals surface area contributed by atoms with E-state index in [4.69, 9.17) is 23.7 Å². The van der Waals surface area contributed by atoms with E-state index in [1.807, 2.05) is 13.8 Å². The maximum absolute atomic E-state index is 13.7. The van der Waals surface area contributed by atoms with Crippen molar-refractivity contribution in [2.24, 2.45) is 5.92 Å². The molecule has 5 rings (SSSR count). The molecule has 0 N–H and O–H groups in total. The van der Waals surface area contributed by atoms with E-state index in [1.165, 1.54) is 12.1 Å². The van der Waals surface area contributed by atoms with Crippen LogP contribution in [0.15, 0.2) is 121 Å². The van der Waals surface area contributed by atoms with Crippen LogP contribution in [-0.2, 0) is 23.7 Å². The topological polar surface area (TPSA) is 114 Å². The average molecular weight is 633 g/mol. The normalized spacial score (nSPS) is 19.9. The highest BCUT2D eigenvalue weighted by molar-refractivity contribution is 5.92. The molecule has 0 amide bonds. The molecular formula is C38H32O9. The zero-order chi connectivity index (χ0) is 33.2. The Labute approximate surface area is 272 Å². The molecule has 1 fully saturated rings. The minimum Gasteiger partial charge on any atom is -0.459 e. The molecule has 9 heteroatoms. The fourth-order valence-corrected chi connectivity index (χ4v) is 4.76. The summed E-state index contributed by atoms with van der Waals surface area (Å²) in [6.07, 6.45) is -4.51.